The molecule has 3 heterocycles. The molecule has 0 saturated heterocycles. The monoisotopic (exact) mass is 397 g/mol. The lowest BCUT2D eigenvalue weighted by Gasteiger charge is -2.22. The van der Waals surface area contributed by atoms with Gasteiger partial charge in [0, 0.05) is 23.8 Å². The van der Waals surface area contributed by atoms with Gasteiger partial charge < -0.3 is 9.52 Å². The Morgan fingerprint density at radius 2 is 2.04 bits per heavy atom. The summed E-state index contributed by atoms with van der Waals surface area (Å²) in [4.78, 5) is 28.0. The zero-order chi connectivity index (χ0) is 19.7. The summed E-state index contributed by atoms with van der Waals surface area (Å²) in [5.41, 5.74) is 2.02. The van der Waals surface area contributed by atoms with Crippen molar-refractivity contribution in [2.24, 2.45) is 5.10 Å². The van der Waals surface area contributed by atoms with E-state index in [2.05, 4.69) is 10.1 Å². The lowest BCUT2D eigenvalue weighted by molar-refractivity contribution is -0.141. The molecule has 0 aliphatic carbocycles. The lowest BCUT2D eigenvalue weighted by Crippen LogP contribution is -2.27. The zero-order valence-corrected chi connectivity index (χ0v) is 15.5. The Bertz CT molecular complexity index is 1080. The molecule has 1 aromatic carbocycles. The zero-order valence-electron chi connectivity index (χ0n) is 14.7. The molecule has 2 aromatic heterocycles. The first-order valence-corrected chi connectivity index (χ1v) is 9.11. The number of amides is 1. The molecular weight excluding hydrogens is 382 g/mol. The fourth-order valence-corrected chi connectivity index (χ4v) is 3.52. The molecule has 1 amide bonds. The van der Waals surface area contributed by atoms with Crippen LogP contribution in [0.5, 0.6) is 0 Å². The maximum Gasteiger partial charge on any atom is 0.303 e. The van der Waals surface area contributed by atoms with Crippen LogP contribution in [0.25, 0.3) is 10.9 Å². The second-order valence-electron chi connectivity index (χ2n) is 6.44. The Hall–Kier alpha value is -3.19. The summed E-state index contributed by atoms with van der Waals surface area (Å²) in [7, 11) is 0. The van der Waals surface area contributed by atoms with Crippen LogP contribution in [-0.4, -0.2) is 32.7 Å². The quantitative estimate of drug-likeness (QED) is 0.656. The molecular formula is C20H16ClN3O4. The molecule has 3 aromatic rings. The van der Waals surface area contributed by atoms with Gasteiger partial charge in [-0.3, -0.25) is 9.59 Å². The van der Waals surface area contributed by atoms with Gasteiger partial charge in [-0.25, -0.2) is 9.99 Å². The largest absolute Gasteiger partial charge is 0.481 e. The van der Waals surface area contributed by atoms with Crippen molar-refractivity contribution in [1.29, 1.82) is 0 Å². The smallest absolute Gasteiger partial charge is 0.303 e. The number of furan rings is 1. The van der Waals surface area contributed by atoms with Gasteiger partial charge in [-0.1, -0.05) is 29.8 Å². The summed E-state index contributed by atoms with van der Waals surface area (Å²) >= 11 is 6.44. The molecule has 0 radical (unpaired) electrons. The topological polar surface area (TPSA) is 96.0 Å². The molecule has 0 bridgehead atoms. The minimum Gasteiger partial charge on any atom is -0.481 e. The predicted octanol–water partition coefficient (Wildman–Crippen LogP) is 4.02. The van der Waals surface area contributed by atoms with Gasteiger partial charge in [0.1, 0.15) is 16.6 Å². The number of carboxylic acid groups (broad SMARTS) is 1. The molecule has 4 rings (SSSR count). The fourth-order valence-electron chi connectivity index (χ4n) is 3.24. The molecule has 1 aliphatic heterocycles. The molecule has 1 atom stereocenters. The van der Waals surface area contributed by atoms with Crippen LogP contribution >= 0.6 is 11.6 Å². The number of hydrogen-bond donors (Lipinski definition) is 1. The number of rotatable bonds is 5. The number of benzene rings is 1. The van der Waals surface area contributed by atoms with E-state index in [0.717, 1.165) is 10.9 Å². The van der Waals surface area contributed by atoms with E-state index in [-0.39, 0.29) is 18.0 Å². The third-order valence-corrected chi connectivity index (χ3v) is 4.89. The van der Waals surface area contributed by atoms with E-state index in [0.29, 0.717) is 23.5 Å². The van der Waals surface area contributed by atoms with Crippen LogP contribution in [0.3, 0.4) is 0 Å². The van der Waals surface area contributed by atoms with Crippen molar-refractivity contribution in [3.8, 4) is 0 Å². The standard InChI is InChI=1S/C20H16ClN3O4/c21-20-13(10-12-4-1-2-5-14(12)22-20)16-11-15(17-6-3-9-28-17)23-24(16)18(25)7-8-19(26)27/h1-6,9-10,16H,7-8,11H2,(H,26,27). The van der Waals surface area contributed by atoms with E-state index in [4.69, 9.17) is 21.1 Å². The Morgan fingerprint density at radius 3 is 2.79 bits per heavy atom. The highest BCUT2D eigenvalue weighted by atomic mass is 35.5. The molecule has 0 saturated carbocycles. The van der Waals surface area contributed by atoms with Crippen LogP contribution in [0, 0.1) is 0 Å². The lowest BCUT2D eigenvalue weighted by atomic mass is 10.0. The van der Waals surface area contributed by atoms with Gasteiger partial charge in [-0.05, 0) is 24.3 Å². The summed E-state index contributed by atoms with van der Waals surface area (Å²) in [5, 5.41) is 15.8. The number of halogens is 1. The van der Waals surface area contributed by atoms with Crippen LogP contribution in [0.2, 0.25) is 5.15 Å². The van der Waals surface area contributed by atoms with Crippen LogP contribution in [0.4, 0.5) is 0 Å². The van der Waals surface area contributed by atoms with Crippen molar-refractivity contribution in [3.05, 3.63) is 65.2 Å². The number of fused-ring (bicyclic) bond motifs is 1. The maximum absolute atomic E-state index is 12.7. The number of carboxylic acids is 1. The van der Waals surface area contributed by atoms with Crippen molar-refractivity contribution in [1.82, 2.24) is 9.99 Å². The molecule has 1 N–H and O–H groups in total. The van der Waals surface area contributed by atoms with Gasteiger partial charge in [-0.15, -0.1) is 0 Å². The average molecular weight is 398 g/mol. The normalized spacial score (nSPS) is 16.4. The van der Waals surface area contributed by atoms with Crippen molar-refractivity contribution < 1.29 is 19.1 Å². The van der Waals surface area contributed by atoms with Crippen molar-refractivity contribution in [2.75, 3.05) is 0 Å². The van der Waals surface area contributed by atoms with Gasteiger partial charge in [0.05, 0.1) is 24.2 Å². The molecule has 142 valence electrons. The van der Waals surface area contributed by atoms with Gasteiger partial charge in [-0.2, -0.15) is 5.10 Å². The van der Waals surface area contributed by atoms with Crippen molar-refractivity contribution in [2.45, 2.75) is 25.3 Å². The number of aromatic nitrogens is 1. The van der Waals surface area contributed by atoms with Gasteiger partial charge in [0.15, 0.2) is 0 Å². The number of hydrogen-bond acceptors (Lipinski definition) is 5. The number of hydrazone groups is 1. The van der Waals surface area contributed by atoms with E-state index < -0.39 is 17.9 Å². The number of nitrogens with zero attached hydrogens (tertiary/aromatic N) is 3. The Morgan fingerprint density at radius 1 is 1.21 bits per heavy atom. The minimum atomic E-state index is -1.04. The average Bonchev–Trinajstić information content (AvgIpc) is 3.35. The minimum absolute atomic E-state index is 0.153. The highest BCUT2D eigenvalue weighted by Crippen LogP contribution is 2.37. The summed E-state index contributed by atoms with van der Waals surface area (Å²) in [6.07, 6.45) is 1.51. The fraction of sp³-hybridized carbons (Fsp3) is 0.200. The molecule has 8 heteroatoms. The number of aliphatic carboxylic acids is 1. The van der Waals surface area contributed by atoms with E-state index in [1.165, 1.54) is 11.3 Å². The van der Waals surface area contributed by atoms with Crippen LogP contribution < -0.4 is 0 Å². The summed E-state index contributed by atoms with van der Waals surface area (Å²) in [6, 6.07) is 12.5. The number of pyridine rings is 1. The van der Waals surface area contributed by atoms with Crippen molar-refractivity contribution >= 4 is 40.1 Å². The summed E-state index contributed by atoms with van der Waals surface area (Å²) < 4.78 is 5.42. The second kappa shape index (κ2) is 7.44. The number of carbonyl (C=O) groups excluding carboxylic acids is 1. The first-order valence-electron chi connectivity index (χ1n) is 8.73. The molecule has 1 aliphatic rings. The van der Waals surface area contributed by atoms with Gasteiger partial charge in [0.2, 0.25) is 5.91 Å². The molecule has 0 spiro atoms. The van der Waals surface area contributed by atoms with Gasteiger partial charge in [0.25, 0.3) is 0 Å². The number of para-hydroxylation sites is 1. The van der Waals surface area contributed by atoms with Crippen LogP contribution in [0.1, 0.15) is 36.6 Å². The maximum atomic E-state index is 12.7. The summed E-state index contributed by atoms with van der Waals surface area (Å²) in [6.45, 7) is 0. The highest BCUT2D eigenvalue weighted by Gasteiger charge is 2.35. The SMILES string of the molecule is O=C(O)CCC(=O)N1N=C(c2ccco2)CC1c1cc2ccccc2nc1Cl. The Kier molecular flexibility index (Phi) is 4.83. The summed E-state index contributed by atoms with van der Waals surface area (Å²) in [5.74, 6) is -0.869. The van der Waals surface area contributed by atoms with E-state index in [1.54, 1.807) is 12.1 Å². The molecule has 7 nitrogen and oxygen atoms in total. The van der Waals surface area contributed by atoms with E-state index >= 15 is 0 Å². The third kappa shape index (κ3) is 3.48. The predicted molar refractivity (Wildman–Crippen MR) is 103 cm³/mol. The third-order valence-electron chi connectivity index (χ3n) is 4.59. The van der Waals surface area contributed by atoms with E-state index in [9.17, 15) is 9.59 Å². The second-order valence-corrected chi connectivity index (χ2v) is 6.80. The molecule has 28 heavy (non-hydrogen) atoms. The van der Waals surface area contributed by atoms with Gasteiger partial charge >= 0.3 is 5.97 Å². The van der Waals surface area contributed by atoms with E-state index in [1.807, 2.05) is 30.3 Å². The highest BCUT2D eigenvalue weighted by molar-refractivity contribution is 6.30. The van der Waals surface area contributed by atoms with Crippen molar-refractivity contribution in [3.63, 3.8) is 0 Å². The first kappa shape index (κ1) is 18.2. The molecule has 0 fully saturated rings. The first-order chi connectivity index (χ1) is 13.5. The van der Waals surface area contributed by atoms with Crippen LogP contribution in [0.15, 0.2) is 58.2 Å². The Labute approximate surface area is 165 Å². The Balaban J connectivity index is 1.72. The van der Waals surface area contributed by atoms with Crippen LogP contribution in [-0.2, 0) is 9.59 Å². The molecule has 1 unspecified atom stereocenters. The number of carbonyl (C=O) groups is 2.